The lowest BCUT2D eigenvalue weighted by Crippen LogP contribution is -2.55. The van der Waals surface area contributed by atoms with Crippen molar-refractivity contribution in [3.05, 3.63) is 59.3 Å². The second kappa shape index (κ2) is 10.6. The molecule has 0 spiro atoms. The van der Waals surface area contributed by atoms with Crippen LogP contribution in [0.25, 0.3) is 5.65 Å². The first kappa shape index (κ1) is 28.0. The van der Waals surface area contributed by atoms with Crippen LogP contribution >= 0.6 is 0 Å². The highest BCUT2D eigenvalue weighted by molar-refractivity contribution is 6.02. The van der Waals surface area contributed by atoms with Crippen molar-refractivity contribution < 1.29 is 28.3 Å². The molecule has 2 aliphatic carbocycles. The molecule has 3 aromatic heterocycles. The molecule has 2 fully saturated rings. The van der Waals surface area contributed by atoms with E-state index in [1.54, 1.807) is 29.1 Å². The van der Waals surface area contributed by atoms with Crippen LogP contribution in [0, 0.1) is 17.3 Å². The zero-order valence-corrected chi connectivity index (χ0v) is 23.2. The third-order valence-electron chi connectivity index (χ3n) is 8.78. The molecule has 222 valence electrons. The van der Waals surface area contributed by atoms with Crippen LogP contribution in [0.5, 0.6) is 0 Å². The van der Waals surface area contributed by atoms with E-state index in [1.165, 1.54) is 16.8 Å². The Labute approximate surface area is 240 Å². The van der Waals surface area contributed by atoms with Crippen molar-refractivity contribution in [2.45, 2.75) is 70.4 Å². The number of nitrogens with zero attached hydrogens (tertiary/aromatic N) is 5. The van der Waals surface area contributed by atoms with E-state index >= 15 is 0 Å². The fourth-order valence-corrected chi connectivity index (χ4v) is 6.21. The first-order valence-electron chi connectivity index (χ1n) is 14.3. The van der Waals surface area contributed by atoms with Crippen molar-refractivity contribution in [1.29, 1.82) is 0 Å². The van der Waals surface area contributed by atoms with E-state index in [9.17, 15) is 28.3 Å². The minimum absolute atomic E-state index is 0.0793. The fraction of sp³-hybridized carbons (Fsp3) is 0.517. The van der Waals surface area contributed by atoms with Crippen LogP contribution < -0.4 is 10.6 Å². The number of hydrogen-bond acceptors (Lipinski definition) is 6. The molecule has 1 saturated heterocycles. The van der Waals surface area contributed by atoms with Gasteiger partial charge in [-0.2, -0.15) is 10.2 Å². The number of aromatic nitrogens is 5. The second-order valence-electron chi connectivity index (χ2n) is 11.6. The zero-order valence-electron chi connectivity index (χ0n) is 23.2. The van der Waals surface area contributed by atoms with Crippen LogP contribution in [0.3, 0.4) is 0 Å². The molecule has 3 atom stereocenters. The number of nitrogens with one attached hydrogen (secondary N) is 2. The maximum atomic E-state index is 14.0. The highest BCUT2D eigenvalue weighted by Crippen LogP contribution is 2.45. The Bertz CT molecular complexity index is 1580. The number of carboxylic acids is 1. The number of rotatable bonds is 9. The Balaban J connectivity index is 1.31. The van der Waals surface area contributed by atoms with Crippen molar-refractivity contribution in [2.75, 3.05) is 6.54 Å². The van der Waals surface area contributed by atoms with Crippen molar-refractivity contribution in [3.8, 4) is 0 Å². The van der Waals surface area contributed by atoms with Gasteiger partial charge in [-0.3, -0.25) is 19.1 Å². The Morgan fingerprint density at radius 3 is 2.74 bits per heavy atom. The smallest absolute Gasteiger partial charge is 0.319 e. The van der Waals surface area contributed by atoms with Gasteiger partial charge in [0.05, 0.1) is 23.6 Å². The summed E-state index contributed by atoms with van der Waals surface area (Å²) in [4.78, 5) is 43.3. The molecule has 0 radical (unpaired) electrons. The lowest BCUT2D eigenvalue weighted by molar-refractivity contribution is -0.159. The number of allylic oxidation sites excluding steroid dienone is 1. The van der Waals surface area contributed by atoms with Crippen molar-refractivity contribution in [2.24, 2.45) is 17.3 Å². The SMILES string of the molecule is CCn1nccc1C(=O)N[C@@H](C1=CCC(F)(F)CC1)c1cn2nc(C[C@]3(C(=O)O)CC(C4CC4)CNC3=O)ccc2n1. The van der Waals surface area contributed by atoms with Crippen LogP contribution in [0.1, 0.15) is 73.4 Å². The lowest BCUT2D eigenvalue weighted by Gasteiger charge is -2.36. The molecular formula is C29H33F2N7O4. The summed E-state index contributed by atoms with van der Waals surface area (Å²) in [6.07, 6.45) is 6.17. The Morgan fingerprint density at radius 1 is 1.24 bits per heavy atom. The summed E-state index contributed by atoms with van der Waals surface area (Å²) in [5, 5.41) is 24.7. The summed E-state index contributed by atoms with van der Waals surface area (Å²) in [5.74, 6) is -4.35. The number of aryl methyl sites for hydroxylation is 1. The van der Waals surface area contributed by atoms with Crippen molar-refractivity contribution in [1.82, 2.24) is 35.0 Å². The second-order valence-corrected chi connectivity index (χ2v) is 11.6. The number of alkyl halides is 2. The number of aliphatic carboxylic acids is 1. The quantitative estimate of drug-likeness (QED) is 0.260. The molecule has 13 heteroatoms. The lowest BCUT2D eigenvalue weighted by atomic mass is 9.71. The highest BCUT2D eigenvalue weighted by atomic mass is 19.3. The number of carbonyl (C=O) groups is 3. The summed E-state index contributed by atoms with van der Waals surface area (Å²) in [5.41, 5.74) is 0.583. The minimum atomic E-state index is -2.81. The molecule has 1 unspecified atom stereocenters. The number of piperidine rings is 1. The zero-order chi connectivity index (χ0) is 29.6. The maximum absolute atomic E-state index is 14.0. The van der Waals surface area contributed by atoms with Gasteiger partial charge in [-0.25, -0.2) is 18.3 Å². The average molecular weight is 582 g/mol. The maximum Gasteiger partial charge on any atom is 0.319 e. The summed E-state index contributed by atoms with van der Waals surface area (Å²) in [6.45, 7) is 2.83. The third kappa shape index (κ3) is 5.27. The monoisotopic (exact) mass is 581 g/mol. The van der Waals surface area contributed by atoms with E-state index in [4.69, 9.17) is 0 Å². The molecular weight excluding hydrogens is 548 g/mol. The molecule has 3 aliphatic rings. The Hall–Kier alpha value is -4.16. The van der Waals surface area contributed by atoms with Gasteiger partial charge in [0, 0.05) is 38.5 Å². The van der Waals surface area contributed by atoms with E-state index in [0.717, 1.165) is 12.8 Å². The van der Waals surface area contributed by atoms with Crippen molar-refractivity contribution >= 4 is 23.4 Å². The summed E-state index contributed by atoms with van der Waals surface area (Å²) < 4.78 is 31.0. The molecule has 1 aliphatic heterocycles. The largest absolute Gasteiger partial charge is 0.480 e. The van der Waals surface area contributed by atoms with Gasteiger partial charge in [0.25, 0.3) is 11.8 Å². The number of carbonyl (C=O) groups excluding carboxylic acids is 2. The summed E-state index contributed by atoms with van der Waals surface area (Å²) >= 11 is 0. The van der Waals surface area contributed by atoms with Crippen LogP contribution in [-0.2, 0) is 22.6 Å². The topological polar surface area (TPSA) is 144 Å². The van der Waals surface area contributed by atoms with E-state index in [1.807, 2.05) is 6.92 Å². The van der Waals surface area contributed by atoms with Gasteiger partial charge in [-0.1, -0.05) is 6.08 Å². The van der Waals surface area contributed by atoms with E-state index in [0.29, 0.717) is 47.3 Å². The van der Waals surface area contributed by atoms with Gasteiger partial charge < -0.3 is 15.7 Å². The van der Waals surface area contributed by atoms with Gasteiger partial charge in [0.1, 0.15) is 5.69 Å². The molecule has 4 heterocycles. The average Bonchev–Trinajstić information content (AvgIpc) is 3.54. The van der Waals surface area contributed by atoms with Gasteiger partial charge in [-0.15, -0.1) is 0 Å². The molecule has 42 heavy (non-hydrogen) atoms. The Morgan fingerprint density at radius 2 is 2.05 bits per heavy atom. The molecule has 2 amide bonds. The molecule has 6 rings (SSSR count). The van der Waals surface area contributed by atoms with Crippen LogP contribution in [-0.4, -0.2) is 59.7 Å². The van der Waals surface area contributed by atoms with Gasteiger partial charge in [0.2, 0.25) is 5.91 Å². The standard InChI is InChI=1S/C29H33F2N7O4/c1-2-37-22(9-12-33-37)25(39)35-24(18-7-10-29(30,31)11-8-18)21-16-38-23(34-21)6-5-20(36-38)14-28(27(41)42)13-19(17-3-4-17)15-32-26(28)40/h5-7,9,12,16-17,19,24H,2-4,8,10-11,13-15H2,1H3,(H,32,40)(H,35,39)(H,41,42)/t19?,24-,28+/m0/s1. The molecule has 0 aromatic carbocycles. The third-order valence-corrected chi connectivity index (χ3v) is 8.78. The predicted molar refractivity (Wildman–Crippen MR) is 146 cm³/mol. The molecule has 3 aromatic rings. The molecule has 0 bridgehead atoms. The van der Waals surface area contributed by atoms with Gasteiger partial charge >= 0.3 is 5.97 Å². The van der Waals surface area contributed by atoms with E-state index in [-0.39, 0.29) is 31.6 Å². The molecule has 11 nitrogen and oxygen atoms in total. The Kier molecular flexibility index (Phi) is 7.06. The fourth-order valence-electron chi connectivity index (χ4n) is 6.21. The minimum Gasteiger partial charge on any atom is -0.480 e. The van der Waals surface area contributed by atoms with E-state index < -0.39 is 41.6 Å². The normalized spacial score (nSPS) is 24.6. The molecule has 3 N–H and O–H groups in total. The first-order chi connectivity index (χ1) is 20.1. The number of fused-ring (bicyclic) bond motifs is 1. The number of carboxylic acid groups (broad SMARTS) is 1. The predicted octanol–water partition coefficient (Wildman–Crippen LogP) is 3.32. The van der Waals surface area contributed by atoms with E-state index in [2.05, 4.69) is 25.8 Å². The number of halogens is 2. The van der Waals surface area contributed by atoms with Gasteiger partial charge in [-0.05, 0) is 68.2 Å². The summed E-state index contributed by atoms with van der Waals surface area (Å²) in [6, 6.07) is 4.13. The van der Waals surface area contributed by atoms with Crippen molar-refractivity contribution in [3.63, 3.8) is 0 Å². The first-order valence-corrected chi connectivity index (χ1v) is 14.3. The number of imidazole rings is 1. The summed E-state index contributed by atoms with van der Waals surface area (Å²) in [7, 11) is 0. The number of amides is 2. The molecule has 1 saturated carbocycles. The van der Waals surface area contributed by atoms with Crippen LogP contribution in [0.2, 0.25) is 0 Å². The van der Waals surface area contributed by atoms with Crippen LogP contribution in [0.4, 0.5) is 8.78 Å². The van der Waals surface area contributed by atoms with Gasteiger partial charge in [0.15, 0.2) is 11.1 Å². The highest BCUT2D eigenvalue weighted by Gasteiger charge is 2.53. The van der Waals surface area contributed by atoms with Crippen LogP contribution in [0.15, 0.2) is 42.2 Å². The number of hydrogen-bond donors (Lipinski definition) is 3.